The highest BCUT2D eigenvalue weighted by molar-refractivity contribution is 9.11. The topological polar surface area (TPSA) is 66.9 Å². The van der Waals surface area contributed by atoms with Crippen molar-refractivity contribution in [2.75, 3.05) is 32.8 Å². The number of para-hydroxylation sites is 1. The van der Waals surface area contributed by atoms with Crippen molar-refractivity contribution in [1.82, 2.24) is 9.21 Å². The minimum absolute atomic E-state index is 0.137. The molecule has 1 aliphatic rings. The molecule has 0 unspecified atom stereocenters. The molecule has 1 fully saturated rings. The van der Waals surface area contributed by atoms with Gasteiger partial charge in [0.1, 0.15) is 9.96 Å². The van der Waals surface area contributed by atoms with Gasteiger partial charge in [0.05, 0.1) is 10.4 Å². The van der Waals surface area contributed by atoms with Crippen LogP contribution in [0, 0.1) is 0 Å². The Kier molecular flexibility index (Phi) is 6.92. The smallest absolute Gasteiger partial charge is 0.252 e. The summed E-state index contributed by atoms with van der Waals surface area (Å²) in [6.45, 7) is 3.76. The standard InChI is InChI=1S/C19H21BrN2O4S2/c1-2-26-16-6-4-3-5-15(16)7-9-18(23)21-11-13-22(14-12-21)28(24,25)19-10-8-17(20)27-19/h3-10H,2,11-14H2,1H3/b9-7+. The average Bonchev–Trinajstić information content (AvgIpc) is 3.14. The molecule has 1 saturated heterocycles. The molecule has 150 valence electrons. The minimum atomic E-state index is -3.51. The highest BCUT2D eigenvalue weighted by atomic mass is 79.9. The van der Waals surface area contributed by atoms with Crippen molar-refractivity contribution in [1.29, 1.82) is 0 Å². The van der Waals surface area contributed by atoms with Crippen LogP contribution >= 0.6 is 27.3 Å². The third kappa shape index (κ3) is 4.83. The maximum atomic E-state index is 12.7. The molecule has 1 aromatic carbocycles. The Morgan fingerprint density at radius 1 is 1.18 bits per heavy atom. The molecule has 28 heavy (non-hydrogen) atoms. The highest BCUT2D eigenvalue weighted by Gasteiger charge is 2.30. The van der Waals surface area contributed by atoms with Crippen LogP contribution in [-0.4, -0.2) is 56.3 Å². The molecule has 0 aliphatic carbocycles. The first-order valence-electron chi connectivity index (χ1n) is 8.86. The van der Waals surface area contributed by atoms with E-state index in [4.69, 9.17) is 4.74 Å². The normalized spacial score (nSPS) is 15.9. The van der Waals surface area contributed by atoms with Crippen molar-refractivity contribution < 1.29 is 17.9 Å². The molecular formula is C19H21BrN2O4S2. The van der Waals surface area contributed by atoms with Crippen molar-refractivity contribution in [2.45, 2.75) is 11.1 Å². The fourth-order valence-corrected chi connectivity index (χ4v) is 6.47. The van der Waals surface area contributed by atoms with Crippen LogP contribution in [0.25, 0.3) is 6.08 Å². The first kappa shape index (κ1) is 21.0. The van der Waals surface area contributed by atoms with Gasteiger partial charge in [0.2, 0.25) is 5.91 Å². The maximum absolute atomic E-state index is 12.7. The monoisotopic (exact) mass is 484 g/mol. The Morgan fingerprint density at radius 2 is 1.89 bits per heavy atom. The molecule has 2 heterocycles. The summed E-state index contributed by atoms with van der Waals surface area (Å²) in [5.74, 6) is 0.592. The van der Waals surface area contributed by atoms with Gasteiger partial charge >= 0.3 is 0 Å². The van der Waals surface area contributed by atoms with E-state index in [1.165, 1.54) is 21.7 Å². The summed E-state index contributed by atoms with van der Waals surface area (Å²) in [6.07, 6.45) is 3.25. The van der Waals surface area contributed by atoms with Crippen LogP contribution in [0.4, 0.5) is 0 Å². The molecule has 1 amide bonds. The van der Waals surface area contributed by atoms with E-state index >= 15 is 0 Å². The van der Waals surface area contributed by atoms with Gasteiger partial charge in [-0.2, -0.15) is 4.31 Å². The van der Waals surface area contributed by atoms with Crippen molar-refractivity contribution in [3.8, 4) is 5.75 Å². The van der Waals surface area contributed by atoms with Gasteiger partial charge in [-0.15, -0.1) is 11.3 Å². The number of amides is 1. The summed E-state index contributed by atoms with van der Waals surface area (Å²) in [7, 11) is -3.51. The van der Waals surface area contributed by atoms with Crippen LogP contribution in [-0.2, 0) is 14.8 Å². The molecule has 0 bridgehead atoms. The number of hydrogen-bond acceptors (Lipinski definition) is 5. The second-order valence-corrected chi connectivity index (χ2v) is 10.7. The number of sulfonamides is 1. The van der Waals surface area contributed by atoms with Crippen molar-refractivity contribution in [3.05, 3.63) is 51.8 Å². The summed E-state index contributed by atoms with van der Waals surface area (Å²) in [6, 6.07) is 10.8. The number of hydrogen-bond donors (Lipinski definition) is 0. The lowest BCUT2D eigenvalue weighted by molar-refractivity contribution is -0.127. The van der Waals surface area contributed by atoms with Crippen LogP contribution in [0.15, 0.2) is 50.5 Å². The Hall–Kier alpha value is -1.68. The third-order valence-corrected chi connectivity index (χ3v) is 8.31. The number of carbonyl (C=O) groups excluding carboxylic acids is 1. The SMILES string of the molecule is CCOc1ccccc1/C=C/C(=O)N1CCN(S(=O)(=O)c2ccc(Br)s2)CC1. The number of benzene rings is 1. The lowest BCUT2D eigenvalue weighted by atomic mass is 10.2. The van der Waals surface area contributed by atoms with E-state index < -0.39 is 10.0 Å². The maximum Gasteiger partial charge on any atom is 0.252 e. The molecule has 1 aliphatic heterocycles. The Bertz CT molecular complexity index is 964. The van der Waals surface area contributed by atoms with Gasteiger partial charge in [-0.1, -0.05) is 18.2 Å². The van der Waals surface area contributed by atoms with Crippen LogP contribution in [0.1, 0.15) is 12.5 Å². The van der Waals surface area contributed by atoms with E-state index in [1.54, 1.807) is 23.1 Å². The molecule has 3 rings (SSSR count). The molecule has 2 aromatic rings. The first-order chi connectivity index (χ1) is 13.4. The van der Waals surface area contributed by atoms with Crippen molar-refractivity contribution >= 4 is 49.3 Å². The summed E-state index contributed by atoms with van der Waals surface area (Å²) >= 11 is 4.48. The van der Waals surface area contributed by atoms with E-state index in [9.17, 15) is 13.2 Å². The van der Waals surface area contributed by atoms with Gasteiger partial charge < -0.3 is 9.64 Å². The van der Waals surface area contributed by atoms with Gasteiger partial charge in [-0.25, -0.2) is 8.42 Å². The number of ether oxygens (including phenoxy) is 1. The summed E-state index contributed by atoms with van der Waals surface area (Å²) in [4.78, 5) is 14.2. The molecule has 1 aromatic heterocycles. The molecule has 0 atom stereocenters. The Labute approximate surface area is 177 Å². The number of halogens is 1. The average molecular weight is 485 g/mol. The lowest BCUT2D eigenvalue weighted by Crippen LogP contribution is -2.50. The summed E-state index contributed by atoms with van der Waals surface area (Å²) in [5.41, 5.74) is 0.835. The number of thiophene rings is 1. The van der Waals surface area contributed by atoms with E-state index in [2.05, 4.69) is 15.9 Å². The summed E-state index contributed by atoms with van der Waals surface area (Å²) < 4.78 is 33.4. The van der Waals surface area contributed by atoms with Gasteiger partial charge in [0, 0.05) is 37.8 Å². The number of nitrogens with zero attached hydrogens (tertiary/aromatic N) is 2. The molecule has 9 heteroatoms. The number of rotatable bonds is 6. The fourth-order valence-electron chi connectivity index (χ4n) is 2.88. The van der Waals surface area contributed by atoms with Crippen molar-refractivity contribution in [3.63, 3.8) is 0 Å². The predicted molar refractivity (Wildman–Crippen MR) is 114 cm³/mol. The zero-order valence-corrected chi connectivity index (χ0v) is 18.6. The second kappa shape index (κ2) is 9.21. The van der Waals surface area contributed by atoms with Gasteiger partial charge in [-0.3, -0.25) is 4.79 Å². The third-order valence-electron chi connectivity index (χ3n) is 4.32. The van der Waals surface area contributed by atoms with Crippen LogP contribution in [0.2, 0.25) is 0 Å². The van der Waals surface area contributed by atoms with Crippen LogP contribution in [0.5, 0.6) is 5.75 Å². The molecule has 0 N–H and O–H groups in total. The number of carbonyl (C=O) groups is 1. The predicted octanol–water partition coefficient (Wildman–Crippen LogP) is 3.46. The zero-order chi connectivity index (χ0) is 20.1. The van der Waals surface area contributed by atoms with E-state index in [0.29, 0.717) is 23.9 Å². The molecule has 0 spiro atoms. The quantitative estimate of drug-likeness (QED) is 0.588. The molecule has 0 radical (unpaired) electrons. The summed E-state index contributed by atoms with van der Waals surface area (Å²) in [5, 5.41) is 0. The molecule has 6 nitrogen and oxygen atoms in total. The molecule has 0 saturated carbocycles. The fraction of sp³-hybridized carbons (Fsp3) is 0.316. The number of piperazine rings is 1. The van der Waals surface area contributed by atoms with Gasteiger partial charge in [-0.05, 0) is 47.1 Å². The second-order valence-electron chi connectivity index (χ2n) is 6.09. The van der Waals surface area contributed by atoms with Crippen molar-refractivity contribution in [2.24, 2.45) is 0 Å². The van der Waals surface area contributed by atoms with E-state index in [-0.39, 0.29) is 19.0 Å². The highest BCUT2D eigenvalue weighted by Crippen LogP contribution is 2.29. The lowest BCUT2D eigenvalue weighted by Gasteiger charge is -2.33. The largest absolute Gasteiger partial charge is 0.493 e. The van der Waals surface area contributed by atoms with E-state index in [1.807, 2.05) is 31.2 Å². The Balaban J connectivity index is 1.61. The van der Waals surface area contributed by atoms with Gasteiger partial charge in [0.15, 0.2) is 0 Å². The zero-order valence-electron chi connectivity index (χ0n) is 15.4. The van der Waals surface area contributed by atoms with Gasteiger partial charge in [0.25, 0.3) is 10.0 Å². The van der Waals surface area contributed by atoms with Crippen LogP contribution in [0.3, 0.4) is 0 Å². The van der Waals surface area contributed by atoms with E-state index in [0.717, 1.165) is 15.1 Å². The Morgan fingerprint density at radius 3 is 2.54 bits per heavy atom. The molecular weight excluding hydrogens is 464 g/mol. The van der Waals surface area contributed by atoms with Crippen LogP contribution < -0.4 is 4.74 Å². The minimum Gasteiger partial charge on any atom is -0.493 e. The first-order valence-corrected chi connectivity index (χ1v) is 11.9.